The number of aromatic nitrogens is 4. The Kier molecular flexibility index (Phi) is 5.59. The number of halogens is 1. The van der Waals surface area contributed by atoms with Gasteiger partial charge in [-0.15, -0.1) is 5.10 Å². The summed E-state index contributed by atoms with van der Waals surface area (Å²) < 4.78 is 1.71. The quantitative estimate of drug-likeness (QED) is 0.800. The molecule has 2 aliphatic rings. The summed E-state index contributed by atoms with van der Waals surface area (Å²) in [7, 11) is 0. The molecule has 0 radical (unpaired) electrons. The first-order valence-corrected chi connectivity index (χ1v) is 10.0. The van der Waals surface area contributed by atoms with Crippen LogP contribution in [0.15, 0.2) is 24.4 Å². The zero-order chi connectivity index (χ0) is 19.5. The predicted octanol–water partition coefficient (Wildman–Crippen LogP) is 2.82. The summed E-state index contributed by atoms with van der Waals surface area (Å²) in [6.45, 7) is 5.05. The Labute approximate surface area is 169 Å². The lowest BCUT2D eigenvalue weighted by Crippen LogP contribution is -2.51. The molecule has 2 amide bonds. The molecule has 0 saturated carbocycles. The van der Waals surface area contributed by atoms with Crippen LogP contribution in [0.25, 0.3) is 11.3 Å². The SMILES string of the molecule is Cc1c(C2=CCN(C(=O)NN3CCCCC3)CC2)nnn1-c1cccnc1Cl. The van der Waals surface area contributed by atoms with Crippen LogP contribution in [0.2, 0.25) is 5.15 Å². The van der Waals surface area contributed by atoms with Crippen LogP contribution in [-0.4, -0.2) is 62.1 Å². The number of piperidine rings is 1. The first kappa shape index (κ1) is 18.9. The molecule has 9 heteroatoms. The number of amides is 2. The molecule has 2 aromatic rings. The molecule has 0 unspecified atom stereocenters. The topological polar surface area (TPSA) is 79.2 Å². The Morgan fingerprint density at radius 3 is 2.75 bits per heavy atom. The van der Waals surface area contributed by atoms with Gasteiger partial charge in [0.2, 0.25) is 0 Å². The normalized spacial score (nSPS) is 18.1. The van der Waals surface area contributed by atoms with E-state index in [0.717, 1.165) is 49.3 Å². The molecule has 4 heterocycles. The zero-order valence-corrected chi connectivity index (χ0v) is 16.7. The van der Waals surface area contributed by atoms with Crippen LogP contribution in [0.4, 0.5) is 4.79 Å². The van der Waals surface area contributed by atoms with Gasteiger partial charge in [-0.05, 0) is 43.9 Å². The molecule has 28 heavy (non-hydrogen) atoms. The third-order valence-corrected chi connectivity index (χ3v) is 5.56. The maximum absolute atomic E-state index is 12.5. The molecule has 2 aromatic heterocycles. The number of hydrogen-bond acceptors (Lipinski definition) is 5. The minimum atomic E-state index is -0.0280. The second kappa shape index (κ2) is 8.28. The zero-order valence-electron chi connectivity index (χ0n) is 15.9. The van der Waals surface area contributed by atoms with E-state index in [1.807, 2.05) is 29.0 Å². The average molecular weight is 402 g/mol. The van der Waals surface area contributed by atoms with Crippen molar-refractivity contribution in [2.45, 2.75) is 32.6 Å². The summed E-state index contributed by atoms with van der Waals surface area (Å²) in [5, 5.41) is 11.0. The van der Waals surface area contributed by atoms with Crippen LogP contribution in [0.1, 0.15) is 37.1 Å². The Morgan fingerprint density at radius 1 is 1.21 bits per heavy atom. The number of carbonyl (C=O) groups is 1. The van der Waals surface area contributed by atoms with Crippen molar-refractivity contribution in [1.82, 2.24) is 35.3 Å². The first-order valence-electron chi connectivity index (χ1n) is 9.66. The van der Waals surface area contributed by atoms with E-state index in [1.54, 1.807) is 10.9 Å². The number of hydrazine groups is 1. The van der Waals surface area contributed by atoms with Crippen LogP contribution in [-0.2, 0) is 0 Å². The summed E-state index contributed by atoms with van der Waals surface area (Å²) in [6.07, 6.45) is 7.97. The van der Waals surface area contributed by atoms with Crippen molar-refractivity contribution in [3.05, 3.63) is 40.9 Å². The summed E-state index contributed by atoms with van der Waals surface area (Å²) >= 11 is 6.19. The van der Waals surface area contributed by atoms with E-state index < -0.39 is 0 Å². The summed E-state index contributed by atoms with van der Waals surface area (Å²) in [6, 6.07) is 3.66. The van der Waals surface area contributed by atoms with Crippen molar-refractivity contribution >= 4 is 23.2 Å². The van der Waals surface area contributed by atoms with Gasteiger partial charge < -0.3 is 4.90 Å². The van der Waals surface area contributed by atoms with Crippen molar-refractivity contribution in [3.63, 3.8) is 0 Å². The van der Waals surface area contributed by atoms with E-state index in [4.69, 9.17) is 11.6 Å². The molecule has 1 fully saturated rings. The molecule has 0 atom stereocenters. The van der Waals surface area contributed by atoms with Gasteiger partial charge in [0, 0.05) is 32.4 Å². The van der Waals surface area contributed by atoms with Crippen LogP contribution in [0.3, 0.4) is 0 Å². The second-order valence-electron chi connectivity index (χ2n) is 7.14. The number of rotatable bonds is 3. The van der Waals surface area contributed by atoms with Crippen molar-refractivity contribution in [3.8, 4) is 5.69 Å². The highest BCUT2D eigenvalue weighted by molar-refractivity contribution is 6.31. The average Bonchev–Trinajstić information content (AvgIpc) is 3.10. The van der Waals surface area contributed by atoms with Crippen LogP contribution in [0, 0.1) is 6.92 Å². The maximum Gasteiger partial charge on any atom is 0.332 e. The fourth-order valence-corrected chi connectivity index (χ4v) is 3.87. The monoisotopic (exact) mass is 401 g/mol. The molecule has 0 spiro atoms. The fraction of sp³-hybridized carbons (Fsp3) is 0.474. The number of urea groups is 1. The van der Waals surface area contributed by atoms with E-state index in [2.05, 4.69) is 26.8 Å². The van der Waals surface area contributed by atoms with Gasteiger partial charge in [0.1, 0.15) is 11.4 Å². The summed E-state index contributed by atoms with van der Waals surface area (Å²) in [5.74, 6) is 0. The van der Waals surface area contributed by atoms with Gasteiger partial charge in [-0.2, -0.15) is 0 Å². The van der Waals surface area contributed by atoms with Crippen LogP contribution in [0.5, 0.6) is 0 Å². The molecule has 1 saturated heterocycles. The van der Waals surface area contributed by atoms with Gasteiger partial charge in [0.05, 0.1) is 5.69 Å². The predicted molar refractivity (Wildman–Crippen MR) is 107 cm³/mol. The largest absolute Gasteiger partial charge is 0.332 e. The Balaban J connectivity index is 1.44. The molecule has 1 N–H and O–H groups in total. The van der Waals surface area contributed by atoms with E-state index in [1.165, 1.54) is 6.42 Å². The van der Waals surface area contributed by atoms with Crippen molar-refractivity contribution in [2.24, 2.45) is 0 Å². The first-order chi connectivity index (χ1) is 13.6. The highest BCUT2D eigenvalue weighted by Crippen LogP contribution is 2.26. The lowest BCUT2D eigenvalue weighted by atomic mass is 10.0. The molecule has 0 aromatic carbocycles. The molecule has 8 nitrogen and oxygen atoms in total. The van der Waals surface area contributed by atoms with E-state index in [0.29, 0.717) is 23.9 Å². The van der Waals surface area contributed by atoms with Gasteiger partial charge in [-0.25, -0.2) is 19.5 Å². The second-order valence-corrected chi connectivity index (χ2v) is 7.50. The molecule has 148 valence electrons. The summed E-state index contributed by atoms with van der Waals surface area (Å²) in [4.78, 5) is 18.4. The number of nitrogens with zero attached hydrogens (tertiary/aromatic N) is 6. The minimum Gasteiger partial charge on any atom is -0.320 e. The lowest BCUT2D eigenvalue weighted by Gasteiger charge is -2.32. The van der Waals surface area contributed by atoms with Crippen LogP contribution >= 0.6 is 11.6 Å². The lowest BCUT2D eigenvalue weighted by molar-refractivity contribution is 0.132. The van der Waals surface area contributed by atoms with Gasteiger partial charge in [0.15, 0.2) is 5.15 Å². The smallest absolute Gasteiger partial charge is 0.320 e. The standard InChI is InChI=1S/C19H24ClN7O/c1-14-17(22-24-27(14)16-6-5-9-21-18(16)20)15-7-12-25(13-8-15)19(28)23-26-10-3-2-4-11-26/h5-7,9H,2-4,8,10-13H2,1H3,(H,23,28). The van der Waals surface area contributed by atoms with Gasteiger partial charge >= 0.3 is 6.03 Å². The summed E-state index contributed by atoms with van der Waals surface area (Å²) in [5.41, 5.74) is 6.59. The fourth-order valence-electron chi connectivity index (χ4n) is 3.67. The van der Waals surface area contributed by atoms with E-state index in [-0.39, 0.29) is 6.03 Å². The Morgan fingerprint density at radius 2 is 2.04 bits per heavy atom. The molecule has 0 aliphatic carbocycles. The van der Waals surface area contributed by atoms with E-state index in [9.17, 15) is 4.79 Å². The number of carbonyl (C=O) groups excluding carboxylic acids is 1. The van der Waals surface area contributed by atoms with Gasteiger partial charge in [0.25, 0.3) is 0 Å². The molecule has 0 bridgehead atoms. The number of pyridine rings is 1. The van der Waals surface area contributed by atoms with Gasteiger partial charge in [-0.3, -0.25) is 5.43 Å². The third kappa shape index (κ3) is 3.88. The number of hydrogen-bond donors (Lipinski definition) is 1. The Bertz CT molecular complexity index is 888. The van der Waals surface area contributed by atoms with Crippen molar-refractivity contribution in [1.29, 1.82) is 0 Å². The number of nitrogens with one attached hydrogen (secondary N) is 1. The van der Waals surface area contributed by atoms with Crippen molar-refractivity contribution < 1.29 is 4.79 Å². The van der Waals surface area contributed by atoms with Gasteiger partial charge in [-0.1, -0.05) is 29.3 Å². The molecular weight excluding hydrogens is 378 g/mol. The maximum atomic E-state index is 12.5. The van der Waals surface area contributed by atoms with E-state index >= 15 is 0 Å². The Hall–Kier alpha value is -2.45. The molecule has 4 rings (SSSR count). The minimum absolute atomic E-state index is 0.0280. The highest BCUT2D eigenvalue weighted by Gasteiger charge is 2.23. The highest BCUT2D eigenvalue weighted by atomic mass is 35.5. The molecule has 2 aliphatic heterocycles. The molecular formula is C19H24ClN7O. The van der Waals surface area contributed by atoms with Crippen molar-refractivity contribution in [2.75, 3.05) is 26.2 Å². The van der Waals surface area contributed by atoms with Crippen LogP contribution < -0.4 is 5.43 Å². The third-order valence-electron chi connectivity index (χ3n) is 5.27.